The quantitative estimate of drug-likeness (QED) is 0.773. The predicted molar refractivity (Wildman–Crippen MR) is 108 cm³/mol. The fourth-order valence-electron chi connectivity index (χ4n) is 3.27. The van der Waals surface area contributed by atoms with Crippen LogP contribution in [0.4, 0.5) is 0 Å². The molecule has 0 radical (unpaired) electrons. The van der Waals surface area contributed by atoms with Gasteiger partial charge >= 0.3 is 0 Å². The van der Waals surface area contributed by atoms with E-state index in [-0.39, 0.29) is 16.8 Å². The first-order valence-electron chi connectivity index (χ1n) is 9.56. The molecule has 1 saturated heterocycles. The Balaban J connectivity index is 1.79. The van der Waals surface area contributed by atoms with Gasteiger partial charge in [-0.2, -0.15) is 4.31 Å². The van der Waals surface area contributed by atoms with Crippen molar-refractivity contribution in [3.05, 3.63) is 65.7 Å². The number of rotatable bonds is 7. The van der Waals surface area contributed by atoms with E-state index in [0.29, 0.717) is 31.9 Å². The van der Waals surface area contributed by atoms with Crippen molar-refractivity contribution in [2.75, 3.05) is 26.3 Å². The molecule has 1 N–H and O–H groups in total. The zero-order chi connectivity index (χ0) is 20.0. The van der Waals surface area contributed by atoms with Crippen LogP contribution in [0, 0.1) is 0 Å². The number of hydrogen-bond donors (Lipinski definition) is 1. The molecule has 150 valence electrons. The lowest BCUT2D eigenvalue weighted by atomic mass is 10.0. The van der Waals surface area contributed by atoms with Gasteiger partial charge in [-0.05, 0) is 30.2 Å². The lowest BCUT2D eigenvalue weighted by Gasteiger charge is -2.26. The topological polar surface area (TPSA) is 75.7 Å². The number of morpholine rings is 1. The van der Waals surface area contributed by atoms with Gasteiger partial charge in [0.2, 0.25) is 10.0 Å². The molecule has 0 aliphatic carbocycles. The van der Waals surface area contributed by atoms with Crippen molar-refractivity contribution < 1.29 is 17.9 Å². The smallest absolute Gasteiger partial charge is 0.251 e. The van der Waals surface area contributed by atoms with E-state index in [2.05, 4.69) is 12.2 Å². The summed E-state index contributed by atoms with van der Waals surface area (Å²) in [6, 6.07) is 15.9. The third-order valence-corrected chi connectivity index (χ3v) is 6.68. The van der Waals surface area contributed by atoms with Crippen LogP contribution in [-0.2, 0) is 14.8 Å². The second kappa shape index (κ2) is 9.32. The highest BCUT2D eigenvalue weighted by molar-refractivity contribution is 7.89. The Kier molecular flexibility index (Phi) is 6.83. The second-order valence-corrected chi connectivity index (χ2v) is 8.71. The number of ether oxygens (including phenoxy) is 1. The first-order chi connectivity index (χ1) is 13.5. The Morgan fingerprint density at radius 2 is 1.82 bits per heavy atom. The molecule has 1 aliphatic rings. The molecule has 3 rings (SSSR count). The Bertz CT molecular complexity index is 894. The number of sulfonamides is 1. The first kappa shape index (κ1) is 20.5. The molecular formula is C21H26N2O4S. The average molecular weight is 403 g/mol. The van der Waals surface area contributed by atoms with E-state index in [9.17, 15) is 13.2 Å². The summed E-state index contributed by atoms with van der Waals surface area (Å²) in [5, 5.41) is 3.04. The van der Waals surface area contributed by atoms with Crippen LogP contribution < -0.4 is 5.32 Å². The molecule has 28 heavy (non-hydrogen) atoms. The monoisotopic (exact) mass is 402 g/mol. The van der Waals surface area contributed by atoms with Crippen molar-refractivity contribution in [1.29, 1.82) is 0 Å². The summed E-state index contributed by atoms with van der Waals surface area (Å²) in [6.45, 7) is 3.48. The highest BCUT2D eigenvalue weighted by Gasteiger charge is 2.27. The Morgan fingerprint density at radius 3 is 2.50 bits per heavy atom. The van der Waals surface area contributed by atoms with Crippen LogP contribution in [0.15, 0.2) is 59.5 Å². The first-order valence-corrected chi connectivity index (χ1v) is 11.0. The van der Waals surface area contributed by atoms with E-state index in [1.54, 1.807) is 12.1 Å². The van der Waals surface area contributed by atoms with Gasteiger partial charge in [-0.15, -0.1) is 0 Å². The minimum absolute atomic E-state index is 0.113. The molecule has 1 fully saturated rings. The van der Waals surface area contributed by atoms with E-state index < -0.39 is 10.0 Å². The number of amides is 1. The molecule has 1 atom stereocenters. The van der Waals surface area contributed by atoms with Gasteiger partial charge < -0.3 is 10.1 Å². The summed E-state index contributed by atoms with van der Waals surface area (Å²) < 4.78 is 32.3. The number of hydrogen-bond acceptors (Lipinski definition) is 4. The normalized spacial score (nSPS) is 16.5. The van der Waals surface area contributed by atoms with Crippen LogP contribution in [-0.4, -0.2) is 44.9 Å². The molecule has 1 aliphatic heterocycles. The van der Waals surface area contributed by atoms with Crippen molar-refractivity contribution in [3.63, 3.8) is 0 Å². The van der Waals surface area contributed by atoms with Crippen LogP contribution >= 0.6 is 0 Å². The van der Waals surface area contributed by atoms with Gasteiger partial charge in [0, 0.05) is 18.7 Å². The molecule has 0 aromatic heterocycles. The molecule has 0 bridgehead atoms. The molecule has 0 saturated carbocycles. The SMILES string of the molecule is CCC[C@@H](NC(=O)c1cccc(S(=O)(=O)N2CCOCC2)c1)c1ccccc1. The molecular weight excluding hydrogens is 376 g/mol. The maximum absolute atomic E-state index is 12.8. The zero-order valence-corrected chi connectivity index (χ0v) is 16.8. The lowest BCUT2D eigenvalue weighted by Crippen LogP contribution is -2.40. The van der Waals surface area contributed by atoms with Crippen LogP contribution in [0.25, 0.3) is 0 Å². The second-order valence-electron chi connectivity index (χ2n) is 6.77. The van der Waals surface area contributed by atoms with Crippen molar-refractivity contribution in [3.8, 4) is 0 Å². The highest BCUT2D eigenvalue weighted by atomic mass is 32.2. The lowest BCUT2D eigenvalue weighted by molar-refractivity contribution is 0.0730. The van der Waals surface area contributed by atoms with Gasteiger partial charge in [0.05, 0.1) is 24.2 Å². The molecule has 6 nitrogen and oxygen atoms in total. The Morgan fingerprint density at radius 1 is 1.11 bits per heavy atom. The summed E-state index contributed by atoms with van der Waals surface area (Å²) in [5.74, 6) is -0.277. The molecule has 2 aromatic rings. The molecule has 1 heterocycles. The van der Waals surface area contributed by atoms with Crippen molar-refractivity contribution in [1.82, 2.24) is 9.62 Å². The predicted octanol–water partition coefficient (Wildman–Crippen LogP) is 2.98. The fourth-order valence-corrected chi connectivity index (χ4v) is 4.73. The van der Waals surface area contributed by atoms with Gasteiger partial charge in [-0.25, -0.2) is 8.42 Å². The molecule has 2 aromatic carbocycles. The van der Waals surface area contributed by atoms with Gasteiger partial charge in [0.15, 0.2) is 0 Å². The van der Waals surface area contributed by atoms with Gasteiger partial charge in [0.25, 0.3) is 5.91 Å². The van der Waals surface area contributed by atoms with Crippen LogP contribution in [0.2, 0.25) is 0 Å². The number of benzene rings is 2. The summed E-state index contributed by atoms with van der Waals surface area (Å²) in [6.07, 6.45) is 1.73. The summed E-state index contributed by atoms with van der Waals surface area (Å²) >= 11 is 0. The van der Waals surface area contributed by atoms with Crippen LogP contribution in [0.3, 0.4) is 0 Å². The summed E-state index contributed by atoms with van der Waals surface area (Å²) in [7, 11) is -3.64. The van der Waals surface area contributed by atoms with E-state index in [4.69, 9.17) is 4.74 Å². The third-order valence-electron chi connectivity index (χ3n) is 4.79. The maximum atomic E-state index is 12.8. The fraction of sp³-hybridized carbons (Fsp3) is 0.381. The maximum Gasteiger partial charge on any atom is 0.251 e. The van der Waals surface area contributed by atoms with Crippen molar-refractivity contribution in [2.45, 2.75) is 30.7 Å². The molecule has 1 amide bonds. The van der Waals surface area contributed by atoms with Gasteiger partial charge in [-0.3, -0.25) is 4.79 Å². The minimum Gasteiger partial charge on any atom is -0.379 e. The van der Waals surface area contributed by atoms with Gasteiger partial charge in [0.1, 0.15) is 0 Å². The van der Waals surface area contributed by atoms with E-state index in [0.717, 1.165) is 18.4 Å². The zero-order valence-electron chi connectivity index (χ0n) is 16.0. The van der Waals surface area contributed by atoms with E-state index in [1.807, 2.05) is 30.3 Å². The Hall–Kier alpha value is -2.22. The number of nitrogens with one attached hydrogen (secondary N) is 1. The van der Waals surface area contributed by atoms with E-state index in [1.165, 1.54) is 16.4 Å². The van der Waals surface area contributed by atoms with Crippen LogP contribution in [0.1, 0.15) is 41.7 Å². The molecule has 0 unspecified atom stereocenters. The standard InChI is InChI=1S/C21H26N2O4S/c1-2-7-20(17-8-4-3-5-9-17)22-21(24)18-10-6-11-19(16-18)28(25,26)23-12-14-27-15-13-23/h3-6,8-11,16,20H,2,7,12-15H2,1H3,(H,22,24)/t20-/m1/s1. The molecule has 0 spiro atoms. The third kappa shape index (κ3) is 4.79. The van der Waals surface area contributed by atoms with Crippen LogP contribution in [0.5, 0.6) is 0 Å². The highest BCUT2D eigenvalue weighted by Crippen LogP contribution is 2.21. The van der Waals surface area contributed by atoms with Crippen molar-refractivity contribution in [2.24, 2.45) is 0 Å². The minimum atomic E-state index is -3.64. The largest absolute Gasteiger partial charge is 0.379 e. The number of nitrogens with zero attached hydrogens (tertiary/aromatic N) is 1. The molecule has 7 heteroatoms. The Labute approximate surface area is 166 Å². The van der Waals surface area contributed by atoms with Crippen molar-refractivity contribution >= 4 is 15.9 Å². The van der Waals surface area contributed by atoms with E-state index >= 15 is 0 Å². The summed E-state index contributed by atoms with van der Waals surface area (Å²) in [4.78, 5) is 13.0. The number of carbonyl (C=O) groups is 1. The summed E-state index contributed by atoms with van der Waals surface area (Å²) in [5.41, 5.74) is 1.38. The average Bonchev–Trinajstić information content (AvgIpc) is 2.74. The number of carbonyl (C=O) groups excluding carboxylic acids is 1. The van der Waals surface area contributed by atoms with Gasteiger partial charge in [-0.1, -0.05) is 49.7 Å².